The number of likely N-dealkylation sites (N-methyl/N-ethyl adjacent to an activating group) is 1. The summed E-state index contributed by atoms with van der Waals surface area (Å²) in [5.41, 5.74) is 2.37. The maximum absolute atomic E-state index is 12.2. The molecule has 0 aliphatic heterocycles. The van der Waals surface area contributed by atoms with Gasteiger partial charge in [0.05, 0.1) is 0 Å². The van der Waals surface area contributed by atoms with Crippen molar-refractivity contribution in [3.05, 3.63) is 45.7 Å². The molecule has 0 unspecified atom stereocenters. The minimum absolute atomic E-state index is 0.0340. The molecule has 1 amide bonds. The average molecular weight is 329 g/mol. The van der Waals surface area contributed by atoms with Crippen molar-refractivity contribution in [1.82, 2.24) is 15.2 Å². The standard InChI is InChI=1S/C19H27N3O2/c1-13-6-7-14-11-15(18(24)21-16(14)10-13)8-9-17(23)20-12-19(2,3)22(4)5/h6-7,10-11H,8-9,12H2,1-5H3,(H,20,23)(H,21,24). The van der Waals surface area contributed by atoms with E-state index < -0.39 is 0 Å². The second kappa shape index (κ2) is 7.18. The van der Waals surface area contributed by atoms with E-state index in [1.54, 1.807) is 0 Å². The molecule has 1 heterocycles. The number of aryl methyl sites for hydroxylation is 2. The zero-order valence-corrected chi connectivity index (χ0v) is 15.2. The van der Waals surface area contributed by atoms with Crippen LogP contribution in [-0.2, 0) is 11.2 Å². The fourth-order valence-corrected chi connectivity index (χ4v) is 2.36. The van der Waals surface area contributed by atoms with Gasteiger partial charge in [-0.05, 0) is 64.4 Å². The van der Waals surface area contributed by atoms with Crippen LogP contribution in [0.2, 0.25) is 0 Å². The zero-order chi connectivity index (χ0) is 17.9. The Morgan fingerprint density at radius 2 is 1.96 bits per heavy atom. The van der Waals surface area contributed by atoms with Gasteiger partial charge in [-0.1, -0.05) is 12.1 Å². The summed E-state index contributed by atoms with van der Waals surface area (Å²) in [5, 5.41) is 3.94. The molecule has 0 aliphatic carbocycles. The van der Waals surface area contributed by atoms with Crippen molar-refractivity contribution in [2.24, 2.45) is 0 Å². The fourth-order valence-electron chi connectivity index (χ4n) is 2.36. The number of pyridine rings is 1. The normalized spacial score (nSPS) is 11.9. The van der Waals surface area contributed by atoms with Gasteiger partial charge in [0.25, 0.3) is 5.56 Å². The van der Waals surface area contributed by atoms with Crippen molar-refractivity contribution in [3.63, 3.8) is 0 Å². The Labute approximate surface area is 143 Å². The molecule has 0 fully saturated rings. The van der Waals surface area contributed by atoms with Crippen LogP contribution < -0.4 is 10.9 Å². The molecule has 2 rings (SSSR count). The van der Waals surface area contributed by atoms with Gasteiger partial charge in [-0.15, -0.1) is 0 Å². The highest BCUT2D eigenvalue weighted by Crippen LogP contribution is 2.14. The Bertz CT molecular complexity index is 791. The third-order valence-corrected chi connectivity index (χ3v) is 4.63. The van der Waals surface area contributed by atoms with Gasteiger partial charge in [0.1, 0.15) is 0 Å². The lowest BCUT2D eigenvalue weighted by Crippen LogP contribution is -2.48. The van der Waals surface area contributed by atoms with Crippen LogP contribution in [0.3, 0.4) is 0 Å². The van der Waals surface area contributed by atoms with E-state index in [1.807, 2.05) is 45.3 Å². The van der Waals surface area contributed by atoms with Crippen LogP contribution in [0.5, 0.6) is 0 Å². The molecule has 0 saturated heterocycles. The highest BCUT2D eigenvalue weighted by atomic mass is 16.1. The molecular weight excluding hydrogens is 302 g/mol. The molecule has 1 aromatic carbocycles. The fraction of sp³-hybridized carbons (Fsp3) is 0.474. The summed E-state index contributed by atoms with van der Waals surface area (Å²) in [4.78, 5) is 29.2. The molecule has 0 bridgehead atoms. The van der Waals surface area contributed by atoms with Gasteiger partial charge >= 0.3 is 0 Å². The van der Waals surface area contributed by atoms with E-state index in [1.165, 1.54) is 0 Å². The summed E-state index contributed by atoms with van der Waals surface area (Å²) in [6, 6.07) is 7.84. The number of nitrogens with zero attached hydrogens (tertiary/aromatic N) is 1. The molecule has 2 N–H and O–H groups in total. The maximum atomic E-state index is 12.2. The molecule has 0 atom stereocenters. The van der Waals surface area contributed by atoms with Gasteiger partial charge in [0, 0.05) is 29.6 Å². The molecule has 0 saturated carbocycles. The second-order valence-electron chi connectivity index (χ2n) is 7.20. The summed E-state index contributed by atoms with van der Waals surface area (Å²) in [6.45, 7) is 6.71. The molecular formula is C19H27N3O2. The van der Waals surface area contributed by atoms with Gasteiger partial charge in [-0.25, -0.2) is 0 Å². The number of aromatic amines is 1. The van der Waals surface area contributed by atoms with Crippen molar-refractivity contribution < 1.29 is 4.79 Å². The monoisotopic (exact) mass is 329 g/mol. The average Bonchev–Trinajstić information content (AvgIpc) is 2.50. The summed E-state index contributed by atoms with van der Waals surface area (Å²) < 4.78 is 0. The number of H-pyrrole nitrogens is 1. The predicted octanol–water partition coefficient (Wildman–Crippen LogP) is 2.23. The topological polar surface area (TPSA) is 65.2 Å². The van der Waals surface area contributed by atoms with Gasteiger partial charge in [0.2, 0.25) is 5.91 Å². The Morgan fingerprint density at radius 3 is 2.62 bits per heavy atom. The third-order valence-electron chi connectivity index (χ3n) is 4.63. The van der Waals surface area contributed by atoms with Crippen LogP contribution in [0, 0.1) is 6.92 Å². The molecule has 5 nitrogen and oxygen atoms in total. The Hall–Kier alpha value is -2.14. The van der Waals surface area contributed by atoms with Crippen molar-refractivity contribution in [2.75, 3.05) is 20.6 Å². The predicted molar refractivity (Wildman–Crippen MR) is 98.4 cm³/mol. The summed E-state index contributed by atoms with van der Waals surface area (Å²) in [5.74, 6) is -0.0340. The number of hydrogen-bond donors (Lipinski definition) is 2. The van der Waals surface area contributed by atoms with Crippen LogP contribution in [0.15, 0.2) is 29.1 Å². The molecule has 0 aliphatic rings. The number of nitrogens with one attached hydrogen (secondary N) is 2. The first-order valence-corrected chi connectivity index (χ1v) is 8.26. The third kappa shape index (κ3) is 4.45. The highest BCUT2D eigenvalue weighted by Gasteiger charge is 2.20. The number of carbonyl (C=O) groups excluding carboxylic acids is 1. The summed E-state index contributed by atoms with van der Waals surface area (Å²) in [6.07, 6.45) is 0.747. The van der Waals surface area contributed by atoms with Crippen LogP contribution >= 0.6 is 0 Å². The van der Waals surface area contributed by atoms with Crippen LogP contribution in [0.25, 0.3) is 10.9 Å². The smallest absolute Gasteiger partial charge is 0.251 e. The first kappa shape index (κ1) is 18.2. The minimum atomic E-state index is -0.116. The molecule has 24 heavy (non-hydrogen) atoms. The van der Waals surface area contributed by atoms with Crippen molar-refractivity contribution in [2.45, 2.75) is 39.2 Å². The van der Waals surface area contributed by atoms with Crippen LogP contribution in [0.1, 0.15) is 31.4 Å². The SMILES string of the molecule is Cc1ccc2cc(CCC(=O)NCC(C)(C)N(C)C)c(=O)[nH]c2c1. The molecule has 2 aromatic rings. The van der Waals surface area contributed by atoms with Gasteiger partial charge in [-0.2, -0.15) is 0 Å². The number of hydrogen-bond acceptors (Lipinski definition) is 3. The number of carbonyl (C=O) groups is 1. The number of fused-ring (bicyclic) bond motifs is 1. The Balaban J connectivity index is 2.00. The number of amides is 1. The first-order valence-electron chi connectivity index (χ1n) is 8.26. The van der Waals surface area contributed by atoms with E-state index in [4.69, 9.17) is 0 Å². The lowest BCUT2D eigenvalue weighted by atomic mass is 10.0. The van der Waals surface area contributed by atoms with E-state index in [-0.39, 0.29) is 17.0 Å². The quantitative estimate of drug-likeness (QED) is 0.854. The molecule has 0 spiro atoms. The number of aromatic nitrogens is 1. The minimum Gasteiger partial charge on any atom is -0.354 e. The van der Waals surface area contributed by atoms with E-state index in [2.05, 4.69) is 29.0 Å². The van der Waals surface area contributed by atoms with Crippen molar-refractivity contribution in [1.29, 1.82) is 0 Å². The van der Waals surface area contributed by atoms with Crippen molar-refractivity contribution >= 4 is 16.8 Å². The van der Waals surface area contributed by atoms with Crippen LogP contribution in [0.4, 0.5) is 0 Å². The molecule has 1 aromatic heterocycles. The summed E-state index contributed by atoms with van der Waals surface area (Å²) >= 11 is 0. The van der Waals surface area contributed by atoms with Gasteiger partial charge in [0.15, 0.2) is 0 Å². The molecule has 130 valence electrons. The number of rotatable bonds is 6. The van der Waals surface area contributed by atoms with Crippen LogP contribution in [-0.4, -0.2) is 42.0 Å². The van der Waals surface area contributed by atoms with E-state index in [9.17, 15) is 9.59 Å². The number of benzene rings is 1. The molecule has 5 heteroatoms. The maximum Gasteiger partial charge on any atom is 0.251 e. The Kier molecular flexibility index (Phi) is 5.44. The van der Waals surface area contributed by atoms with Gasteiger partial charge < -0.3 is 15.2 Å². The van der Waals surface area contributed by atoms with Gasteiger partial charge in [-0.3, -0.25) is 9.59 Å². The summed E-state index contributed by atoms with van der Waals surface area (Å²) in [7, 11) is 3.98. The van der Waals surface area contributed by atoms with E-state index in [0.717, 1.165) is 16.5 Å². The first-order chi connectivity index (χ1) is 11.2. The lowest BCUT2D eigenvalue weighted by Gasteiger charge is -2.32. The lowest BCUT2D eigenvalue weighted by molar-refractivity contribution is -0.121. The zero-order valence-electron chi connectivity index (χ0n) is 15.2. The second-order valence-corrected chi connectivity index (χ2v) is 7.20. The Morgan fingerprint density at radius 1 is 1.25 bits per heavy atom. The van der Waals surface area contributed by atoms with Crippen molar-refractivity contribution in [3.8, 4) is 0 Å². The largest absolute Gasteiger partial charge is 0.354 e. The molecule has 0 radical (unpaired) electrons. The highest BCUT2D eigenvalue weighted by molar-refractivity contribution is 5.80. The van der Waals surface area contributed by atoms with E-state index >= 15 is 0 Å². The van der Waals surface area contributed by atoms with E-state index in [0.29, 0.717) is 24.9 Å².